The minimum atomic E-state index is 0.352. The van der Waals surface area contributed by atoms with E-state index in [-0.39, 0.29) is 0 Å². The molecule has 5 nitrogen and oxygen atoms in total. The fourth-order valence-corrected chi connectivity index (χ4v) is 2.47. The molecule has 2 heterocycles. The van der Waals surface area contributed by atoms with Gasteiger partial charge in [-0.05, 0) is 13.0 Å². The van der Waals surface area contributed by atoms with Gasteiger partial charge in [-0.1, -0.05) is 20.8 Å². The van der Waals surface area contributed by atoms with E-state index in [0.29, 0.717) is 12.0 Å². The van der Waals surface area contributed by atoms with E-state index in [1.54, 1.807) is 11.0 Å². The molecular weight excluding hydrogens is 226 g/mol. The molecule has 2 aromatic heterocycles. The van der Waals surface area contributed by atoms with Crippen LogP contribution in [0.25, 0.3) is 11.0 Å². The number of nitrogens with zero attached hydrogens (tertiary/aromatic N) is 4. The van der Waals surface area contributed by atoms with Crippen LogP contribution < -0.4 is 5.32 Å². The van der Waals surface area contributed by atoms with E-state index in [2.05, 4.69) is 41.2 Å². The van der Waals surface area contributed by atoms with Crippen LogP contribution in [0.4, 0.5) is 0 Å². The van der Waals surface area contributed by atoms with Crippen molar-refractivity contribution in [1.29, 1.82) is 0 Å². The van der Waals surface area contributed by atoms with Crippen molar-refractivity contribution in [3.8, 4) is 0 Å². The monoisotopic (exact) mass is 247 g/mol. The molecule has 0 amide bonds. The lowest BCUT2D eigenvalue weighted by Crippen LogP contribution is -2.33. The van der Waals surface area contributed by atoms with Gasteiger partial charge in [0.15, 0.2) is 5.65 Å². The molecule has 18 heavy (non-hydrogen) atoms. The smallest absolute Gasteiger partial charge is 0.161 e. The molecule has 0 spiro atoms. The van der Waals surface area contributed by atoms with Crippen molar-refractivity contribution in [3.05, 3.63) is 18.2 Å². The Bertz CT molecular complexity index is 519. The largest absolute Gasteiger partial charge is 0.314 e. The van der Waals surface area contributed by atoms with Gasteiger partial charge in [0.05, 0.1) is 17.3 Å². The first-order valence-electron chi connectivity index (χ1n) is 6.55. The molecule has 0 bridgehead atoms. The second-order valence-corrected chi connectivity index (χ2v) is 4.63. The number of hydrogen-bond acceptors (Lipinski definition) is 4. The van der Waals surface area contributed by atoms with Gasteiger partial charge in [0, 0.05) is 19.0 Å². The standard InChI is InChI=1S/C13H21N5/c1-5-11(14-6-2)9(3)12-10-7-17-18(4)13(10)16-8-15-12/h7-9,11,14H,5-6H2,1-4H3. The van der Waals surface area contributed by atoms with E-state index in [1.165, 1.54) is 0 Å². The first kappa shape index (κ1) is 13.0. The zero-order valence-corrected chi connectivity index (χ0v) is 11.5. The van der Waals surface area contributed by atoms with Gasteiger partial charge < -0.3 is 5.32 Å². The van der Waals surface area contributed by atoms with Crippen LogP contribution in [0.2, 0.25) is 0 Å². The highest BCUT2D eigenvalue weighted by Crippen LogP contribution is 2.25. The Morgan fingerprint density at radius 1 is 1.33 bits per heavy atom. The molecule has 0 saturated carbocycles. The van der Waals surface area contributed by atoms with E-state index in [1.807, 2.05) is 13.2 Å². The van der Waals surface area contributed by atoms with E-state index in [4.69, 9.17) is 0 Å². The van der Waals surface area contributed by atoms with Crippen molar-refractivity contribution in [3.63, 3.8) is 0 Å². The number of fused-ring (bicyclic) bond motifs is 1. The van der Waals surface area contributed by atoms with Crippen molar-refractivity contribution in [2.45, 2.75) is 39.2 Å². The zero-order chi connectivity index (χ0) is 13.1. The SMILES string of the molecule is CCNC(CC)C(C)c1ncnc2c1cnn2C. The highest BCUT2D eigenvalue weighted by Gasteiger charge is 2.21. The predicted molar refractivity (Wildman–Crippen MR) is 72.5 cm³/mol. The van der Waals surface area contributed by atoms with E-state index < -0.39 is 0 Å². The highest BCUT2D eigenvalue weighted by molar-refractivity contribution is 5.77. The minimum absolute atomic E-state index is 0.352. The summed E-state index contributed by atoms with van der Waals surface area (Å²) in [6, 6.07) is 0.438. The van der Waals surface area contributed by atoms with Crippen molar-refractivity contribution >= 4 is 11.0 Å². The third-order valence-corrected chi connectivity index (χ3v) is 3.50. The van der Waals surface area contributed by atoms with Crippen LogP contribution in [0.15, 0.2) is 12.5 Å². The van der Waals surface area contributed by atoms with Crippen LogP contribution in [0.1, 0.15) is 38.8 Å². The summed E-state index contributed by atoms with van der Waals surface area (Å²) >= 11 is 0. The summed E-state index contributed by atoms with van der Waals surface area (Å²) in [6.45, 7) is 7.52. The van der Waals surface area contributed by atoms with Gasteiger partial charge in [0.1, 0.15) is 6.33 Å². The maximum atomic E-state index is 4.47. The molecule has 2 rings (SSSR count). The molecule has 2 atom stereocenters. The third kappa shape index (κ3) is 2.22. The van der Waals surface area contributed by atoms with Gasteiger partial charge in [0.25, 0.3) is 0 Å². The summed E-state index contributed by atoms with van der Waals surface area (Å²) in [5.74, 6) is 0.352. The van der Waals surface area contributed by atoms with Gasteiger partial charge in [-0.15, -0.1) is 0 Å². The molecule has 5 heteroatoms. The van der Waals surface area contributed by atoms with Crippen LogP contribution in [0.3, 0.4) is 0 Å². The van der Waals surface area contributed by atoms with Gasteiger partial charge >= 0.3 is 0 Å². The maximum Gasteiger partial charge on any atom is 0.161 e. The molecule has 0 aliphatic heterocycles. The quantitative estimate of drug-likeness (QED) is 0.876. The predicted octanol–water partition coefficient (Wildman–Crippen LogP) is 1.85. The summed E-state index contributed by atoms with van der Waals surface area (Å²) in [4.78, 5) is 8.75. The maximum absolute atomic E-state index is 4.47. The van der Waals surface area contributed by atoms with Crippen molar-refractivity contribution in [1.82, 2.24) is 25.1 Å². The Hall–Kier alpha value is -1.49. The fourth-order valence-electron chi connectivity index (χ4n) is 2.47. The lowest BCUT2D eigenvalue weighted by atomic mass is 9.94. The van der Waals surface area contributed by atoms with E-state index in [9.17, 15) is 0 Å². The summed E-state index contributed by atoms with van der Waals surface area (Å²) in [5, 5.41) is 8.84. The number of aryl methyl sites for hydroxylation is 1. The number of rotatable bonds is 5. The van der Waals surface area contributed by atoms with Crippen molar-refractivity contribution in [2.75, 3.05) is 6.54 Å². The Morgan fingerprint density at radius 2 is 2.11 bits per heavy atom. The van der Waals surface area contributed by atoms with Crippen LogP contribution in [0, 0.1) is 0 Å². The normalized spacial score (nSPS) is 14.9. The van der Waals surface area contributed by atoms with E-state index >= 15 is 0 Å². The van der Waals surface area contributed by atoms with Crippen molar-refractivity contribution in [2.24, 2.45) is 7.05 Å². The van der Waals surface area contributed by atoms with Gasteiger partial charge in [-0.3, -0.25) is 4.68 Å². The molecule has 98 valence electrons. The number of hydrogen-bond donors (Lipinski definition) is 1. The summed E-state index contributed by atoms with van der Waals surface area (Å²) in [7, 11) is 1.91. The number of aromatic nitrogens is 4. The number of likely N-dealkylation sites (N-methyl/N-ethyl adjacent to an activating group) is 1. The van der Waals surface area contributed by atoms with Gasteiger partial charge in [-0.25, -0.2) is 9.97 Å². The average Bonchev–Trinajstić information content (AvgIpc) is 2.77. The molecule has 0 fully saturated rings. The third-order valence-electron chi connectivity index (χ3n) is 3.50. The molecule has 0 aliphatic rings. The van der Waals surface area contributed by atoms with Crippen LogP contribution in [0.5, 0.6) is 0 Å². The minimum Gasteiger partial charge on any atom is -0.314 e. The van der Waals surface area contributed by atoms with Crippen LogP contribution in [-0.2, 0) is 7.05 Å². The highest BCUT2D eigenvalue weighted by atomic mass is 15.3. The molecule has 0 radical (unpaired) electrons. The fraction of sp³-hybridized carbons (Fsp3) is 0.615. The summed E-state index contributed by atoms with van der Waals surface area (Å²) in [6.07, 6.45) is 4.58. The number of nitrogens with one attached hydrogen (secondary N) is 1. The summed E-state index contributed by atoms with van der Waals surface area (Å²) < 4.78 is 1.79. The van der Waals surface area contributed by atoms with Crippen LogP contribution >= 0.6 is 0 Å². The Kier molecular flexibility index (Phi) is 3.91. The Balaban J connectivity index is 2.40. The second-order valence-electron chi connectivity index (χ2n) is 4.63. The summed E-state index contributed by atoms with van der Waals surface area (Å²) in [5.41, 5.74) is 1.99. The molecule has 2 unspecified atom stereocenters. The van der Waals surface area contributed by atoms with Crippen LogP contribution in [-0.4, -0.2) is 32.3 Å². The van der Waals surface area contributed by atoms with Crippen molar-refractivity contribution < 1.29 is 0 Å². The lowest BCUT2D eigenvalue weighted by Gasteiger charge is -2.23. The molecule has 2 aromatic rings. The molecule has 0 aliphatic carbocycles. The van der Waals surface area contributed by atoms with Gasteiger partial charge in [-0.2, -0.15) is 5.10 Å². The van der Waals surface area contributed by atoms with E-state index in [0.717, 1.165) is 29.7 Å². The molecule has 0 saturated heterocycles. The topological polar surface area (TPSA) is 55.6 Å². The Morgan fingerprint density at radius 3 is 2.78 bits per heavy atom. The second kappa shape index (κ2) is 5.44. The molecule has 1 N–H and O–H groups in total. The lowest BCUT2D eigenvalue weighted by molar-refractivity contribution is 0.444. The molecular formula is C13H21N5. The van der Waals surface area contributed by atoms with Gasteiger partial charge in [0.2, 0.25) is 0 Å². The average molecular weight is 247 g/mol. The first-order chi connectivity index (χ1) is 8.69. The zero-order valence-electron chi connectivity index (χ0n) is 11.5. The Labute approximate surface area is 108 Å². The molecule has 0 aromatic carbocycles. The first-order valence-corrected chi connectivity index (χ1v) is 6.55.